The Bertz CT molecular complexity index is 422. The number of rotatable bonds is 7. The van der Waals surface area contributed by atoms with E-state index in [4.69, 9.17) is 14.0 Å². The molecule has 1 atom stereocenters. The van der Waals surface area contributed by atoms with Crippen LogP contribution in [0.15, 0.2) is 21.8 Å². The molecular weight excluding hydrogens is 272 g/mol. The van der Waals surface area contributed by atoms with Gasteiger partial charge in [0.2, 0.25) is 0 Å². The number of methoxy groups -OCH3 is 1. The van der Waals surface area contributed by atoms with Crippen molar-refractivity contribution in [1.82, 2.24) is 15.4 Å². The molecule has 7 heteroatoms. The van der Waals surface area contributed by atoms with Gasteiger partial charge in [0.05, 0.1) is 26.4 Å². The number of guanidine groups is 1. The minimum atomic E-state index is 0.549. The van der Waals surface area contributed by atoms with Gasteiger partial charge in [0.15, 0.2) is 5.96 Å². The van der Waals surface area contributed by atoms with Crippen LogP contribution in [0.2, 0.25) is 0 Å². The zero-order valence-corrected chi connectivity index (χ0v) is 12.7. The highest BCUT2D eigenvalue weighted by molar-refractivity contribution is 5.80. The van der Waals surface area contributed by atoms with Crippen molar-refractivity contribution in [2.45, 2.75) is 13.0 Å². The normalized spacial score (nSPS) is 19.2. The summed E-state index contributed by atoms with van der Waals surface area (Å²) in [5.74, 6) is 1.45. The van der Waals surface area contributed by atoms with Crippen LogP contribution in [-0.2, 0) is 16.0 Å². The molecule has 0 spiro atoms. The number of aliphatic imine (C=N–C) groups is 1. The lowest BCUT2D eigenvalue weighted by atomic mass is 10.1. The molecule has 0 saturated carbocycles. The van der Waals surface area contributed by atoms with Crippen LogP contribution in [0.5, 0.6) is 0 Å². The highest BCUT2D eigenvalue weighted by atomic mass is 16.5. The first-order valence-electron chi connectivity index (χ1n) is 7.25. The summed E-state index contributed by atoms with van der Waals surface area (Å²) >= 11 is 0. The van der Waals surface area contributed by atoms with E-state index in [9.17, 15) is 0 Å². The maximum absolute atomic E-state index is 5.60. The van der Waals surface area contributed by atoms with Gasteiger partial charge in [-0.3, -0.25) is 4.99 Å². The van der Waals surface area contributed by atoms with Gasteiger partial charge in [-0.15, -0.1) is 0 Å². The van der Waals surface area contributed by atoms with Crippen molar-refractivity contribution < 1.29 is 14.0 Å². The van der Waals surface area contributed by atoms with Crippen molar-refractivity contribution in [2.24, 2.45) is 10.9 Å². The van der Waals surface area contributed by atoms with E-state index >= 15 is 0 Å². The van der Waals surface area contributed by atoms with Crippen LogP contribution in [0.3, 0.4) is 0 Å². The Balaban J connectivity index is 1.71. The minimum absolute atomic E-state index is 0.549. The number of likely N-dealkylation sites (tertiary alicyclic amines) is 1. The summed E-state index contributed by atoms with van der Waals surface area (Å²) in [5.41, 5.74) is 0.870. The molecule has 2 heterocycles. The molecule has 0 aromatic carbocycles. The van der Waals surface area contributed by atoms with Gasteiger partial charge in [0, 0.05) is 39.2 Å². The molecule has 1 aromatic rings. The van der Waals surface area contributed by atoms with Crippen molar-refractivity contribution in [3.05, 3.63) is 18.0 Å². The molecule has 1 saturated heterocycles. The summed E-state index contributed by atoms with van der Waals surface area (Å²) in [7, 11) is 3.48. The first-order valence-corrected chi connectivity index (χ1v) is 7.25. The van der Waals surface area contributed by atoms with Gasteiger partial charge in [0.25, 0.3) is 0 Å². The van der Waals surface area contributed by atoms with Gasteiger partial charge in [-0.1, -0.05) is 5.16 Å². The molecular formula is C14H24N4O3. The van der Waals surface area contributed by atoms with Crippen molar-refractivity contribution in [1.29, 1.82) is 0 Å². The van der Waals surface area contributed by atoms with Crippen LogP contribution in [-0.4, -0.2) is 63.1 Å². The van der Waals surface area contributed by atoms with Crippen molar-refractivity contribution in [2.75, 3.05) is 47.1 Å². The van der Waals surface area contributed by atoms with Crippen molar-refractivity contribution >= 4 is 5.96 Å². The van der Waals surface area contributed by atoms with Crippen LogP contribution in [0.1, 0.15) is 12.1 Å². The summed E-state index contributed by atoms with van der Waals surface area (Å²) < 4.78 is 15.4. The molecule has 0 amide bonds. The minimum Gasteiger partial charge on any atom is -0.382 e. The molecule has 118 valence electrons. The fourth-order valence-corrected chi connectivity index (χ4v) is 2.38. The maximum atomic E-state index is 5.60. The molecule has 0 aliphatic carbocycles. The number of nitrogens with zero attached hydrogens (tertiary/aromatic N) is 3. The highest BCUT2D eigenvalue weighted by Gasteiger charge is 2.24. The van der Waals surface area contributed by atoms with E-state index in [-0.39, 0.29) is 0 Å². The Morgan fingerprint density at radius 1 is 1.57 bits per heavy atom. The van der Waals surface area contributed by atoms with E-state index in [2.05, 4.69) is 20.4 Å². The predicted molar refractivity (Wildman–Crippen MR) is 79.1 cm³/mol. The summed E-state index contributed by atoms with van der Waals surface area (Å²) in [4.78, 5) is 6.58. The molecule has 0 bridgehead atoms. The molecule has 1 aromatic heterocycles. The highest BCUT2D eigenvalue weighted by Crippen LogP contribution is 2.16. The standard InChI is InChI=1S/C14H24N4O3/c1-15-14(16-9-13-4-6-21-17-13)18-5-3-12(10-18)11-20-8-7-19-2/h4,6,12H,3,5,7-11H2,1-2H3,(H,15,16). The van der Waals surface area contributed by atoms with Gasteiger partial charge >= 0.3 is 0 Å². The van der Waals surface area contributed by atoms with Gasteiger partial charge in [-0.25, -0.2) is 0 Å². The lowest BCUT2D eigenvalue weighted by molar-refractivity contribution is 0.0536. The van der Waals surface area contributed by atoms with Crippen LogP contribution in [0.4, 0.5) is 0 Å². The Labute approximate surface area is 125 Å². The zero-order chi connectivity index (χ0) is 14.9. The monoisotopic (exact) mass is 296 g/mol. The van der Waals surface area contributed by atoms with E-state index in [0.717, 1.165) is 37.8 Å². The molecule has 1 aliphatic rings. The lowest BCUT2D eigenvalue weighted by Gasteiger charge is -2.21. The van der Waals surface area contributed by atoms with E-state index in [1.165, 1.54) is 0 Å². The van der Waals surface area contributed by atoms with E-state index in [0.29, 0.717) is 25.7 Å². The summed E-state index contributed by atoms with van der Waals surface area (Å²) in [6, 6.07) is 1.84. The van der Waals surface area contributed by atoms with Crippen molar-refractivity contribution in [3.63, 3.8) is 0 Å². The van der Waals surface area contributed by atoms with Gasteiger partial charge in [-0.2, -0.15) is 0 Å². The average molecular weight is 296 g/mol. The number of aromatic nitrogens is 1. The molecule has 0 radical (unpaired) electrons. The molecule has 1 aliphatic heterocycles. The molecule has 1 fully saturated rings. The third-order valence-corrected chi connectivity index (χ3v) is 3.50. The Morgan fingerprint density at radius 2 is 2.48 bits per heavy atom. The summed E-state index contributed by atoms with van der Waals surface area (Å²) in [5, 5.41) is 7.18. The van der Waals surface area contributed by atoms with Crippen molar-refractivity contribution in [3.8, 4) is 0 Å². The average Bonchev–Trinajstić information content (AvgIpc) is 3.16. The predicted octanol–water partition coefficient (Wildman–Crippen LogP) is 0.735. The molecule has 1 N–H and O–H groups in total. The second kappa shape index (κ2) is 8.63. The number of hydrogen-bond donors (Lipinski definition) is 1. The summed E-state index contributed by atoms with van der Waals surface area (Å²) in [6.07, 6.45) is 2.70. The van der Waals surface area contributed by atoms with E-state index in [1.54, 1.807) is 20.4 Å². The van der Waals surface area contributed by atoms with Crippen LogP contribution in [0, 0.1) is 5.92 Å². The van der Waals surface area contributed by atoms with Gasteiger partial charge in [-0.05, 0) is 6.42 Å². The van der Waals surface area contributed by atoms with E-state index < -0.39 is 0 Å². The smallest absolute Gasteiger partial charge is 0.193 e. The Hall–Kier alpha value is -1.60. The first kappa shape index (κ1) is 15.8. The lowest BCUT2D eigenvalue weighted by Crippen LogP contribution is -2.39. The number of nitrogens with one attached hydrogen (secondary N) is 1. The second-order valence-electron chi connectivity index (χ2n) is 5.06. The SMILES string of the molecule is CN=C(NCc1ccon1)N1CCC(COCCOC)C1. The fraction of sp³-hybridized carbons (Fsp3) is 0.714. The second-order valence-corrected chi connectivity index (χ2v) is 5.06. The largest absolute Gasteiger partial charge is 0.382 e. The van der Waals surface area contributed by atoms with Gasteiger partial charge in [0.1, 0.15) is 12.0 Å². The molecule has 21 heavy (non-hydrogen) atoms. The Morgan fingerprint density at radius 3 is 3.19 bits per heavy atom. The first-order chi connectivity index (χ1) is 10.3. The van der Waals surface area contributed by atoms with Crippen LogP contribution < -0.4 is 5.32 Å². The van der Waals surface area contributed by atoms with Crippen LogP contribution >= 0.6 is 0 Å². The maximum Gasteiger partial charge on any atom is 0.193 e. The number of ether oxygens (including phenoxy) is 2. The summed E-state index contributed by atoms with van der Waals surface area (Å²) in [6.45, 7) is 4.67. The fourth-order valence-electron chi connectivity index (χ4n) is 2.38. The van der Waals surface area contributed by atoms with Gasteiger partial charge < -0.3 is 24.2 Å². The molecule has 1 unspecified atom stereocenters. The third-order valence-electron chi connectivity index (χ3n) is 3.50. The molecule has 2 rings (SSSR count). The zero-order valence-electron chi connectivity index (χ0n) is 12.7. The third kappa shape index (κ3) is 5.02. The Kier molecular flexibility index (Phi) is 6.49. The van der Waals surface area contributed by atoms with E-state index in [1.807, 2.05) is 6.07 Å². The quantitative estimate of drug-likeness (QED) is 0.454. The number of hydrogen-bond acceptors (Lipinski definition) is 5. The topological polar surface area (TPSA) is 72.1 Å². The van der Waals surface area contributed by atoms with Crippen LogP contribution in [0.25, 0.3) is 0 Å². The molecule has 7 nitrogen and oxygen atoms in total.